The van der Waals surface area contributed by atoms with Gasteiger partial charge in [0.2, 0.25) is 5.91 Å². The van der Waals surface area contributed by atoms with E-state index >= 15 is 0 Å². The van der Waals surface area contributed by atoms with Gasteiger partial charge in [0.05, 0.1) is 16.5 Å². The second kappa shape index (κ2) is 8.28. The number of sulfonamides is 1. The van der Waals surface area contributed by atoms with Crippen molar-refractivity contribution in [1.29, 1.82) is 0 Å². The number of carboxylic acid groups (broad SMARTS) is 1. The third-order valence-electron chi connectivity index (χ3n) is 5.00. The van der Waals surface area contributed by atoms with Crippen LogP contribution in [0.5, 0.6) is 0 Å². The van der Waals surface area contributed by atoms with Gasteiger partial charge in [0.25, 0.3) is 10.0 Å². The Labute approximate surface area is 164 Å². The standard InChI is InChI=1S/C20H24N2O5S/c1-2-5-19(23)22(14-10-12-21-13-11-14)28(26,27)18-9-4-6-15-16(18)7-3-8-17(15)20(24)25/h3-4,6-9,14,21H,2,5,10-13H2,1H3,(H,24,25). The highest BCUT2D eigenvalue weighted by atomic mass is 32.2. The molecular weight excluding hydrogens is 380 g/mol. The molecule has 28 heavy (non-hydrogen) atoms. The molecule has 0 atom stereocenters. The van der Waals surface area contributed by atoms with Crippen LogP contribution in [-0.2, 0) is 14.8 Å². The first-order valence-electron chi connectivity index (χ1n) is 9.41. The average Bonchev–Trinajstić information content (AvgIpc) is 2.67. The van der Waals surface area contributed by atoms with Crippen LogP contribution in [0.2, 0.25) is 0 Å². The molecular formula is C20H24N2O5S. The van der Waals surface area contributed by atoms with Crippen molar-refractivity contribution in [3.63, 3.8) is 0 Å². The van der Waals surface area contributed by atoms with Crippen LogP contribution in [0.4, 0.5) is 0 Å². The van der Waals surface area contributed by atoms with Gasteiger partial charge < -0.3 is 10.4 Å². The van der Waals surface area contributed by atoms with E-state index in [1.54, 1.807) is 12.1 Å². The van der Waals surface area contributed by atoms with E-state index in [0.717, 1.165) is 4.31 Å². The fourth-order valence-electron chi connectivity index (χ4n) is 3.70. The summed E-state index contributed by atoms with van der Waals surface area (Å²) in [5.41, 5.74) is 0.0304. The third kappa shape index (κ3) is 3.74. The molecule has 150 valence electrons. The van der Waals surface area contributed by atoms with Gasteiger partial charge in [0, 0.05) is 11.8 Å². The Morgan fingerprint density at radius 3 is 2.39 bits per heavy atom. The summed E-state index contributed by atoms with van der Waals surface area (Å²) in [5, 5.41) is 13.3. The minimum Gasteiger partial charge on any atom is -0.478 e. The Balaban J connectivity index is 2.17. The molecule has 0 spiro atoms. The predicted molar refractivity (Wildman–Crippen MR) is 106 cm³/mol. The van der Waals surface area contributed by atoms with E-state index in [2.05, 4.69) is 5.32 Å². The number of rotatable bonds is 6. The molecule has 1 heterocycles. The summed E-state index contributed by atoms with van der Waals surface area (Å²) in [6, 6.07) is 8.69. The van der Waals surface area contributed by atoms with E-state index in [4.69, 9.17) is 0 Å². The molecule has 7 nitrogen and oxygen atoms in total. The number of aromatic carboxylic acids is 1. The maximum absolute atomic E-state index is 13.6. The van der Waals surface area contributed by atoms with Gasteiger partial charge in [-0.05, 0) is 49.9 Å². The second-order valence-corrected chi connectivity index (χ2v) is 8.67. The number of carbonyl (C=O) groups excluding carboxylic acids is 1. The van der Waals surface area contributed by atoms with Crippen molar-refractivity contribution in [3.05, 3.63) is 42.0 Å². The van der Waals surface area contributed by atoms with E-state index in [9.17, 15) is 23.1 Å². The van der Waals surface area contributed by atoms with Crippen LogP contribution >= 0.6 is 0 Å². The highest BCUT2D eigenvalue weighted by Crippen LogP contribution is 2.31. The third-order valence-corrected chi connectivity index (χ3v) is 6.93. The number of hydrogen-bond donors (Lipinski definition) is 2. The molecule has 0 aromatic heterocycles. The van der Waals surface area contributed by atoms with Crippen molar-refractivity contribution < 1.29 is 23.1 Å². The van der Waals surface area contributed by atoms with E-state index < -0.39 is 27.9 Å². The molecule has 0 unspecified atom stereocenters. The maximum Gasteiger partial charge on any atom is 0.336 e. The lowest BCUT2D eigenvalue weighted by Crippen LogP contribution is -2.49. The Kier molecular flexibility index (Phi) is 6.00. The van der Waals surface area contributed by atoms with Crippen LogP contribution in [0, 0.1) is 0 Å². The van der Waals surface area contributed by atoms with Crippen molar-refractivity contribution >= 4 is 32.7 Å². The number of carboxylic acids is 1. The van der Waals surface area contributed by atoms with Gasteiger partial charge in [-0.15, -0.1) is 0 Å². The van der Waals surface area contributed by atoms with Crippen LogP contribution in [-0.4, -0.2) is 48.8 Å². The Morgan fingerprint density at radius 2 is 1.75 bits per heavy atom. The first kappa shape index (κ1) is 20.3. The van der Waals surface area contributed by atoms with Crippen LogP contribution in [0.1, 0.15) is 43.0 Å². The molecule has 2 aromatic carbocycles. The molecule has 2 aromatic rings. The summed E-state index contributed by atoms with van der Waals surface area (Å²) < 4.78 is 28.2. The summed E-state index contributed by atoms with van der Waals surface area (Å²) in [7, 11) is -4.13. The molecule has 0 bridgehead atoms. The Morgan fingerprint density at radius 1 is 1.11 bits per heavy atom. The lowest BCUT2D eigenvalue weighted by atomic mass is 10.0. The fraction of sp³-hybridized carbons (Fsp3) is 0.400. The molecule has 0 saturated carbocycles. The average molecular weight is 404 g/mol. The van der Waals surface area contributed by atoms with Crippen LogP contribution < -0.4 is 5.32 Å². The summed E-state index contributed by atoms with van der Waals surface area (Å²) in [5.74, 6) is -1.54. The number of benzene rings is 2. The molecule has 1 aliphatic rings. The number of piperidine rings is 1. The van der Waals surface area contributed by atoms with Crippen LogP contribution in [0.3, 0.4) is 0 Å². The Hall–Kier alpha value is -2.45. The molecule has 1 aliphatic heterocycles. The first-order chi connectivity index (χ1) is 13.4. The quantitative estimate of drug-likeness (QED) is 0.767. The van der Waals surface area contributed by atoms with Crippen LogP contribution in [0.25, 0.3) is 10.8 Å². The van der Waals surface area contributed by atoms with Crippen molar-refractivity contribution in [2.24, 2.45) is 0 Å². The van der Waals surface area contributed by atoms with E-state index in [-0.39, 0.29) is 16.9 Å². The van der Waals surface area contributed by atoms with Gasteiger partial charge in [-0.1, -0.05) is 31.2 Å². The molecule has 1 amide bonds. The number of nitrogens with zero attached hydrogens (tertiary/aromatic N) is 1. The summed E-state index contributed by atoms with van der Waals surface area (Å²) in [6.45, 7) is 3.13. The van der Waals surface area contributed by atoms with Crippen LogP contribution in [0.15, 0.2) is 41.3 Å². The van der Waals surface area contributed by atoms with Crippen molar-refractivity contribution in [2.75, 3.05) is 13.1 Å². The molecule has 0 radical (unpaired) electrons. The first-order valence-corrected chi connectivity index (χ1v) is 10.8. The van der Waals surface area contributed by atoms with Gasteiger partial charge in [-0.2, -0.15) is 0 Å². The van der Waals surface area contributed by atoms with Gasteiger partial charge in [-0.25, -0.2) is 17.5 Å². The number of amides is 1. The largest absolute Gasteiger partial charge is 0.478 e. The second-order valence-electron chi connectivity index (χ2n) is 6.89. The lowest BCUT2D eigenvalue weighted by Gasteiger charge is -2.34. The molecule has 2 N–H and O–H groups in total. The van der Waals surface area contributed by atoms with E-state index in [1.165, 1.54) is 24.3 Å². The van der Waals surface area contributed by atoms with Gasteiger partial charge in [0.1, 0.15) is 0 Å². The molecule has 1 fully saturated rings. The summed E-state index contributed by atoms with van der Waals surface area (Å²) >= 11 is 0. The highest BCUT2D eigenvalue weighted by molar-refractivity contribution is 7.90. The normalized spacial score (nSPS) is 15.5. The molecule has 8 heteroatoms. The minimum atomic E-state index is -4.13. The molecule has 1 saturated heterocycles. The number of hydrogen-bond acceptors (Lipinski definition) is 5. The van der Waals surface area contributed by atoms with Gasteiger partial charge >= 0.3 is 5.97 Å². The zero-order valence-corrected chi connectivity index (χ0v) is 16.5. The van der Waals surface area contributed by atoms with Crippen molar-refractivity contribution in [3.8, 4) is 0 Å². The fourth-order valence-corrected chi connectivity index (χ4v) is 5.58. The summed E-state index contributed by atoms with van der Waals surface area (Å²) in [4.78, 5) is 24.3. The highest BCUT2D eigenvalue weighted by Gasteiger charge is 2.36. The molecule has 3 rings (SSSR count). The number of nitrogens with one attached hydrogen (secondary N) is 1. The Bertz CT molecular complexity index is 997. The smallest absolute Gasteiger partial charge is 0.336 e. The lowest BCUT2D eigenvalue weighted by molar-refractivity contribution is -0.128. The number of carbonyl (C=O) groups is 2. The number of fused-ring (bicyclic) bond motifs is 1. The maximum atomic E-state index is 13.6. The van der Waals surface area contributed by atoms with Gasteiger partial charge in [-0.3, -0.25) is 4.79 Å². The van der Waals surface area contributed by atoms with Gasteiger partial charge in [0.15, 0.2) is 0 Å². The van der Waals surface area contributed by atoms with Crippen molar-refractivity contribution in [2.45, 2.75) is 43.5 Å². The predicted octanol–water partition coefficient (Wildman–Crippen LogP) is 2.61. The SMILES string of the molecule is CCCC(=O)N(C1CCNCC1)S(=O)(=O)c1cccc2c(C(=O)O)cccc12. The minimum absolute atomic E-state index is 0.0304. The zero-order chi connectivity index (χ0) is 20.3. The topological polar surface area (TPSA) is 104 Å². The monoisotopic (exact) mass is 404 g/mol. The van der Waals surface area contributed by atoms with E-state index in [0.29, 0.717) is 43.1 Å². The summed E-state index contributed by atoms with van der Waals surface area (Å²) in [6.07, 6.45) is 1.81. The molecule has 0 aliphatic carbocycles. The zero-order valence-electron chi connectivity index (χ0n) is 15.7. The van der Waals surface area contributed by atoms with E-state index in [1.807, 2.05) is 6.92 Å². The van der Waals surface area contributed by atoms with Crippen molar-refractivity contribution in [1.82, 2.24) is 9.62 Å².